The number of nitrogens with zero attached hydrogens (tertiary/aromatic N) is 1. The molecular formula is C16H17ClN2O2. The summed E-state index contributed by atoms with van der Waals surface area (Å²) in [6.07, 6.45) is 0. The summed E-state index contributed by atoms with van der Waals surface area (Å²) in [5.74, 6) is 0. The molecule has 0 amide bonds. The van der Waals surface area contributed by atoms with Crippen LogP contribution in [0, 0.1) is 17.0 Å². The Balaban J connectivity index is 2.15. The number of hydrogen-bond acceptors (Lipinski definition) is 3. The van der Waals surface area contributed by atoms with Crippen molar-refractivity contribution in [3.05, 3.63) is 74.3 Å². The molecule has 0 saturated heterocycles. The van der Waals surface area contributed by atoms with Gasteiger partial charge in [0.2, 0.25) is 0 Å². The molecule has 0 radical (unpaired) electrons. The molecule has 0 bridgehead atoms. The molecule has 5 heteroatoms. The molecule has 0 spiro atoms. The number of nitrogens with one attached hydrogen (secondary N) is 1. The lowest BCUT2D eigenvalue weighted by molar-refractivity contribution is -0.385. The maximum Gasteiger partial charge on any atom is 0.275 e. The molecule has 4 nitrogen and oxygen atoms in total. The van der Waals surface area contributed by atoms with Crippen molar-refractivity contribution in [3.8, 4) is 0 Å². The maximum absolute atomic E-state index is 11.1. The van der Waals surface area contributed by atoms with Crippen LogP contribution in [0.15, 0.2) is 42.5 Å². The summed E-state index contributed by atoms with van der Waals surface area (Å²) in [7, 11) is 0. The van der Waals surface area contributed by atoms with Gasteiger partial charge in [0.05, 0.1) is 15.5 Å². The third kappa shape index (κ3) is 3.80. The molecule has 0 saturated carbocycles. The zero-order valence-electron chi connectivity index (χ0n) is 12.0. The second-order valence-corrected chi connectivity index (χ2v) is 5.42. The van der Waals surface area contributed by atoms with Gasteiger partial charge in [0.25, 0.3) is 5.69 Å². The normalized spacial score (nSPS) is 12.1. The quantitative estimate of drug-likeness (QED) is 0.657. The Morgan fingerprint density at radius 3 is 2.67 bits per heavy atom. The molecule has 110 valence electrons. The number of hydrogen-bond donors (Lipinski definition) is 1. The summed E-state index contributed by atoms with van der Waals surface area (Å²) in [5, 5.41) is 14.8. The van der Waals surface area contributed by atoms with Crippen LogP contribution in [0.2, 0.25) is 5.02 Å². The highest BCUT2D eigenvalue weighted by atomic mass is 35.5. The van der Waals surface area contributed by atoms with Crippen LogP contribution in [0.3, 0.4) is 0 Å². The smallest absolute Gasteiger partial charge is 0.275 e. The van der Waals surface area contributed by atoms with E-state index in [1.165, 1.54) is 11.6 Å². The number of rotatable bonds is 5. The molecule has 2 aromatic rings. The Labute approximate surface area is 128 Å². The number of benzene rings is 2. The average Bonchev–Trinajstić information content (AvgIpc) is 2.45. The first kappa shape index (κ1) is 15.5. The Morgan fingerprint density at radius 1 is 1.29 bits per heavy atom. The van der Waals surface area contributed by atoms with E-state index >= 15 is 0 Å². The number of nitro benzene ring substituents is 1. The fourth-order valence-corrected chi connectivity index (χ4v) is 2.44. The minimum atomic E-state index is -0.403. The molecule has 0 fully saturated rings. The fourth-order valence-electron chi connectivity index (χ4n) is 2.21. The van der Waals surface area contributed by atoms with Crippen LogP contribution in [-0.2, 0) is 6.54 Å². The number of nitro groups is 1. The maximum atomic E-state index is 11.1. The van der Waals surface area contributed by atoms with Crippen molar-refractivity contribution in [2.24, 2.45) is 0 Å². The molecule has 21 heavy (non-hydrogen) atoms. The summed E-state index contributed by atoms with van der Waals surface area (Å²) < 4.78 is 0. The molecule has 0 aliphatic carbocycles. The highest BCUT2D eigenvalue weighted by Crippen LogP contribution is 2.26. The molecule has 1 atom stereocenters. The van der Waals surface area contributed by atoms with E-state index < -0.39 is 4.92 Å². The summed E-state index contributed by atoms with van der Waals surface area (Å²) in [6, 6.07) is 13.0. The van der Waals surface area contributed by atoms with Crippen LogP contribution in [0.25, 0.3) is 0 Å². The molecule has 0 aromatic heterocycles. The van der Waals surface area contributed by atoms with Gasteiger partial charge < -0.3 is 5.32 Å². The standard InChI is InChI=1S/C16H17ClN2O2/c1-11-5-3-6-13(9-11)12(2)18-10-14-15(17)7-4-8-16(14)19(20)21/h3-9,12,18H,10H2,1-2H3/t12-/m1/s1. The van der Waals surface area contributed by atoms with Crippen molar-refractivity contribution in [2.45, 2.75) is 26.4 Å². The zero-order chi connectivity index (χ0) is 15.4. The number of halogens is 1. The average molecular weight is 305 g/mol. The molecule has 1 N–H and O–H groups in total. The Bertz CT molecular complexity index is 658. The van der Waals surface area contributed by atoms with Gasteiger partial charge in [-0.05, 0) is 25.5 Å². The summed E-state index contributed by atoms with van der Waals surface area (Å²) in [5.41, 5.74) is 2.89. The van der Waals surface area contributed by atoms with Gasteiger partial charge in [0.15, 0.2) is 0 Å². The zero-order valence-corrected chi connectivity index (χ0v) is 12.7. The van der Waals surface area contributed by atoms with Crippen molar-refractivity contribution >= 4 is 17.3 Å². The van der Waals surface area contributed by atoms with Crippen molar-refractivity contribution in [1.82, 2.24) is 5.32 Å². The summed E-state index contributed by atoms with van der Waals surface area (Å²) in [6.45, 7) is 4.41. The molecule has 0 aliphatic heterocycles. The largest absolute Gasteiger partial charge is 0.306 e. The van der Waals surface area contributed by atoms with Crippen LogP contribution < -0.4 is 5.32 Å². The van der Waals surface area contributed by atoms with Crippen LogP contribution in [0.4, 0.5) is 5.69 Å². The fraction of sp³-hybridized carbons (Fsp3) is 0.250. The van der Waals surface area contributed by atoms with Crippen LogP contribution in [-0.4, -0.2) is 4.92 Å². The second kappa shape index (κ2) is 6.70. The monoisotopic (exact) mass is 304 g/mol. The van der Waals surface area contributed by atoms with E-state index in [-0.39, 0.29) is 11.7 Å². The van der Waals surface area contributed by atoms with Gasteiger partial charge in [-0.2, -0.15) is 0 Å². The third-order valence-electron chi connectivity index (χ3n) is 3.42. The molecule has 2 rings (SSSR count). The lowest BCUT2D eigenvalue weighted by atomic mass is 10.1. The first-order chi connectivity index (χ1) is 9.99. The van der Waals surface area contributed by atoms with E-state index in [9.17, 15) is 10.1 Å². The van der Waals surface area contributed by atoms with E-state index in [0.29, 0.717) is 17.1 Å². The minimum absolute atomic E-state index is 0.0476. The first-order valence-electron chi connectivity index (χ1n) is 6.70. The topological polar surface area (TPSA) is 55.2 Å². The molecule has 0 heterocycles. The van der Waals surface area contributed by atoms with Gasteiger partial charge in [0, 0.05) is 18.7 Å². The van der Waals surface area contributed by atoms with E-state index in [2.05, 4.69) is 11.4 Å². The van der Waals surface area contributed by atoms with E-state index in [0.717, 1.165) is 5.56 Å². The Morgan fingerprint density at radius 2 is 2.00 bits per heavy atom. The summed E-state index contributed by atoms with van der Waals surface area (Å²) in [4.78, 5) is 10.6. The van der Waals surface area contributed by atoms with Crippen molar-refractivity contribution in [3.63, 3.8) is 0 Å². The van der Waals surface area contributed by atoms with Crippen LogP contribution >= 0.6 is 11.6 Å². The summed E-state index contributed by atoms with van der Waals surface area (Å²) >= 11 is 6.08. The van der Waals surface area contributed by atoms with Gasteiger partial charge in [-0.25, -0.2) is 0 Å². The number of aryl methyl sites for hydroxylation is 1. The SMILES string of the molecule is Cc1cccc([C@@H](C)NCc2c(Cl)cccc2[N+](=O)[O-])c1. The van der Waals surface area contributed by atoms with Gasteiger partial charge in [-0.1, -0.05) is 47.5 Å². The first-order valence-corrected chi connectivity index (χ1v) is 7.08. The molecular weight excluding hydrogens is 288 g/mol. The molecule has 0 aliphatic rings. The van der Waals surface area contributed by atoms with Gasteiger partial charge in [0.1, 0.15) is 0 Å². The Hall–Kier alpha value is -1.91. The minimum Gasteiger partial charge on any atom is -0.306 e. The van der Waals surface area contributed by atoms with E-state index in [1.54, 1.807) is 12.1 Å². The lowest BCUT2D eigenvalue weighted by Gasteiger charge is -2.15. The van der Waals surface area contributed by atoms with Crippen molar-refractivity contribution in [2.75, 3.05) is 0 Å². The lowest BCUT2D eigenvalue weighted by Crippen LogP contribution is -2.19. The highest BCUT2D eigenvalue weighted by Gasteiger charge is 2.17. The third-order valence-corrected chi connectivity index (χ3v) is 3.77. The molecule has 0 unspecified atom stereocenters. The van der Waals surface area contributed by atoms with Crippen LogP contribution in [0.1, 0.15) is 29.7 Å². The van der Waals surface area contributed by atoms with Gasteiger partial charge in [-0.3, -0.25) is 10.1 Å². The predicted molar refractivity (Wildman–Crippen MR) is 84.5 cm³/mol. The van der Waals surface area contributed by atoms with Gasteiger partial charge >= 0.3 is 0 Å². The van der Waals surface area contributed by atoms with Crippen molar-refractivity contribution < 1.29 is 4.92 Å². The highest BCUT2D eigenvalue weighted by molar-refractivity contribution is 6.31. The Kier molecular flexibility index (Phi) is 4.94. The van der Waals surface area contributed by atoms with Crippen LogP contribution in [0.5, 0.6) is 0 Å². The van der Waals surface area contributed by atoms with E-state index in [1.807, 2.05) is 32.0 Å². The van der Waals surface area contributed by atoms with Gasteiger partial charge in [-0.15, -0.1) is 0 Å². The predicted octanol–water partition coefficient (Wildman–Crippen LogP) is 4.41. The second-order valence-electron chi connectivity index (χ2n) is 5.01. The van der Waals surface area contributed by atoms with Crippen molar-refractivity contribution in [1.29, 1.82) is 0 Å². The molecule has 2 aromatic carbocycles. The van der Waals surface area contributed by atoms with E-state index in [4.69, 9.17) is 11.6 Å².